The number of hydrogen-bond donors (Lipinski definition) is 5. The SMILES string of the molecule is COC1=CC(=O)C2(c3cc(=O)c4c(O)cc(O)cc4o3)C(CC=C(C)C2CC2(O)C(C)(O)CCC3C(C)(C)CC(O)CC32C)C1=O. The lowest BCUT2D eigenvalue weighted by atomic mass is 9.41. The van der Waals surface area contributed by atoms with Crippen LogP contribution in [0.25, 0.3) is 11.0 Å². The number of carbonyl (C=O) groups excluding carboxylic acids is 2. The highest BCUT2D eigenvalue weighted by molar-refractivity contribution is 6.14. The lowest BCUT2D eigenvalue weighted by molar-refractivity contribution is -0.288. The summed E-state index contributed by atoms with van der Waals surface area (Å²) in [6.45, 7) is 9.42. The highest BCUT2D eigenvalue weighted by atomic mass is 16.5. The van der Waals surface area contributed by atoms with Crippen LogP contribution in [0, 0.1) is 28.6 Å². The number of Topliss-reactive ketones (excluding diaryl/α,β-unsaturated/α-hetero) is 1. The van der Waals surface area contributed by atoms with E-state index in [-0.39, 0.29) is 65.3 Å². The molecule has 2 fully saturated rings. The molecule has 0 aliphatic heterocycles. The monoisotopic (exact) mass is 636 g/mol. The van der Waals surface area contributed by atoms with Gasteiger partial charge in [-0.15, -0.1) is 0 Å². The van der Waals surface area contributed by atoms with Crippen LogP contribution in [0.1, 0.15) is 78.9 Å². The number of benzene rings is 1. The molecule has 1 aromatic carbocycles. The number of ether oxygens (including phenoxy) is 1. The van der Waals surface area contributed by atoms with E-state index in [1.165, 1.54) is 7.11 Å². The lowest BCUT2D eigenvalue weighted by Crippen LogP contribution is -2.72. The van der Waals surface area contributed by atoms with E-state index in [4.69, 9.17) is 9.15 Å². The molecule has 2 saturated carbocycles. The molecule has 0 amide bonds. The molecule has 46 heavy (non-hydrogen) atoms. The highest BCUT2D eigenvalue weighted by Gasteiger charge is 2.70. The Morgan fingerprint density at radius 2 is 1.72 bits per heavy atom. The molecule has 0 radical (unpaired) electrons. The number of methoxy groups -OCH3 is 1. The second-order valence-electron chi connectivity index (χ2n) is 15.3. The first-order valence-corrected chi connectivity index (χ1v) is 16.0. The van der Waals surface area contributed by atoms with Gasteiger partial charge in [-0.3, -0.25) is 14.4 Å². The molecule has 8 unspecified atom stereocenters. The normalized spacial score (nSPS) is 38.9. The van der Waals surface area contributed by atoms with Crippen molar-refractivity contribution in [2.75, 3.05) is 7.11 Å². The predicted molar refractivity (Wildman–Crippen MR) is 168 cm³/mol. The van der Waals surface area contributed by atoms with E-state index in [1.54, 1.807) is 13.8 Å². The van der Waals surface area contributed by atoms with Gasteiger partial charge in [-0.05, 0) is 63.7 Å². The molecule has 6 rings (SSSR count). The first-order chi connectivity index (χ1) is 21.3. The number of aliphatic hydroxyl groups excluding tert-OH is 1. The van der Waals surface area contributed by atoms with Gasteiger partial charge in [0.05, 0.1) is 24.4 Å². The van der Waals surface area contributed by atoms with E-state index in [0.29, 0.717) is 18.4 Å². The largest absolute Gasteiger partial charge is 0.508 e. The number of rotatable bonds is 4. The van der Waals surface area contributed by atoms with Gasteiger partial charge < -0.3 is 34.7 Å². The summed E-state index contributed by atoms with van der Waals surface area (Å²) in [6.07, 6.45) is 3.82. The number of aromatic hydroxyl groups is 2. The predicted octanol–water partition coefficient (Wildman–Crippen LogP) is 4.18. The zero-order valence-corrected chi connectivity index (χ0v) is 27.2. The van der Waals surface area contributed by atoms with Crippen molar-refractivity contribution in [2.45, 2.75) is 95.9 Å². The van der Waals surface area contributed by atoms with Crippen LogP contribution in [0.3, 0.4) is 0 Å². The molecule has 2 aromatic rings. The molecule has 4 aliphatic rings. The van der Waals surface area contributed by atoms with Gasteiger partial charge in [0.15, 0.2) is 17.0 Å². The summed E-state index contributed by atoms with van der Waals surface area (Å²) in [5.41, 5.74) is -6.90. The molecule has 8 atom stereocenters. The Morgan fingerprint density at radius 1 is 1.02 bits per heavy atom. The number of carbonyl (C=O) groups is 2. The first-order valence-electron chi connectivity index (χ1n) is 16.0. The van der Waals surface area contributed by atoms with Crippen LogP contribution in [0.2, 0.25) is 0 Å². The van der Waals surface area contributed by atoms with Gasteiger partial charge in [0, 0.05) is 41.5 Å². The summed E-state index contributed by atoms with van der Waals surface area (Å²) in [6, 6.07) is 3.28. The highest BCUT2D eigenvalue weighted by Crippen LogP contribution is 2.67. The van der Waals surface area contributed by atoms with Gasteiger partial charge in [0.25, 0.3) is 0 Å². The third-order valence-electron chi connectivity index (χ3n) is 12.4. The zero-order valence-electron chi connectivity index (χ0n) is 27.2. The lowest BCUT2D eigenvalue weighted by Gasteiger charge is -2.67. The second-order valence-corrected chi connectivity index (χ2v) is 15.3. The Balaban J connectivity index is 1.64. The zero-order chi connectivity index (χ0) is 33.8. The third kappa shape index (κ3) is 4.22. The topological polar surface area (TPSA) is 175 Å². The van der Waals surface area contributed by atoms with Crippen LogP contribution in [0.4, 0.5) is 0 Å². The van der Waals surface area contributed by atoms with E-state index < -0.39 is 62.7 Å². The fourth-order valence-electron chi connectivity index (χ4n) is 10.3. The minimum Gasteiger partial charge on any atom is -0.508 e. The van der Waals surface area contributed by atoms with E-state index in [0.717, 1.165) is 24.3 Å². The fraction of sp³-hybridized carbons (Fsp3) is 0.583. The van der Waals surface area contributed by atoms with Gasteiger partial charge in [-0.2, -0.15) is 0 Å². The van der Waals surface area contributed by atoms with E-state index in [1.807, 2.05) is 13.0 Å². The molecule has 1 aromatic heterocycles. The van der Waals surface area contributed by atoms with E-state index in [2.05, 4.69) is 13.8 Å². The standard InChI is InChI=1S/C36H44O10/c1-18-7-8-21-31(42)26(45-6)14-28(41)36(21,29-13-24(40)30-23(39)11-19(37)12-25(30)46-29)22(18)17-35(44)33(4)16-20(38)15-32(2,3)27(33)9-10-34(35,5)43/h7,11-14,20-22,27,37-39,43-44H,8-10,15-17H2,1-6H3. The number of phenolic OH excluding ortho intramolecular Hbond substituents is 2. The van der Waals surface area contributed by atoms with Crippen LogP contribution >= 0.6 is 0 Å². The van der Waals surface area contributed by atoms with Crippen molar-refractivity contribution in [3.05, 3.63) is 57.7 Å². The quantitative estimate of drug-likeness (QED) is 0.306. The van der Waals surface area contributed by atoms with E-state index >= 15 is 0 Å². The van der Waals surface area contributed by atoms with Gasteiger partial charge in [0.1, 0.15) is 33.6 Å². The minimum atomic E-state index is -1.86. The van der Waals surface area contributed by atoms with Gasteiger partial charge >= 0.3 is 0 Å². The van der Waals surface area contributed by atoms with Crippen LogP contribution in [-0.4, -0.2) is 61.5 Å². The van der Waals surface area contributed by atoms with Crippen molar-refractivity contribution in [1.29, 1.82) is 0 Å². The Labute approximate surface area is 267 Å². The molecule has 10 heteroatoms. The van der Waals surface area contributed by atoms with Crippen molar-refractivity contribution in [1.82, 2.24) is 0 Å². The van der Waals surface area contributed by atoms with Crippen molar-refractivity contribution >= 4 is 22.5 Å². The Hall–Kier alpha value is -3.47. The molecule has 0 spiro atoms. The van der Waals surface area contributed by atoms with E-state index in [9.17, 15) is 39.9 Å². The number of hydrogen-bond acceptors (Lipinski definition) is 10. The summed E-state index contributed by atoms with van der Waals surface area (Å²) in [7, 11) is 1.30. The van der Waals surface area contributed by atoms with Crippen LogP contribution < -0.4 is 5.43 Å². The van der Waals surface area contributed by atoms with Gasteiger partial charge in [-0.25, -0.2) is 0 Å². The Morgan fingerprint density at radius 3 is 2.39 bits per heavy atom. The van der Waals surface area contributed by atoms with Crippen molar-refractivity contribution in [2.24, 2.45) is 28.6 Å². The minimum absolute atomic E-state index is 0.0820. The van der Waals surface area contributed by atoms with Gasteiger partial charge in [-0.1, -0.05) is 32.4 Å². The smallest absolute Gasteiger partial charge is 0.202 e. The summed E-state index contributed by atoms with van der Waals surface area (Å²) >= 11 is 0. The van der Waals surface area contributed by atoms with Crippen LogP contribution in [0.15, 0.2) is 50.9 Å². The Bertz CT molecular complexity index is 1760. The average Bonchev–Trinajstić information content (AvgIpc) is 2.93. The van der Waals surface area contributed by atoms with Crippen LogP contribution in [0.5, 0.6) is 11.5 Å². The molecular formula is C36H44O10. The van der Waals surface area contributed by atoms with Crippen molar-refractivity contribution < 1.29 is 44.3 Å². The summed E-state index contributed by atoms with van der Waals surface area (Å²) in [5, 5.41) is 56.8. The number of phenols is 2. The molecule has 5 N–H and O–H groups in total. The maximum atomic E-state index is 14.6. The van der Waals surface area contributed by atoms with Crippen molar-refractivity contribution in [3.63, 3.8) is 0 Å². The number of allylic oxidation sites excluding steroid dienone is 4. The number of aliphatic hydroxyl groups is 3. The fourth-order valence-corrected chi connectivity index (χ4v) is 10.3. The Kier molecular flexibility index (Phi) is 7.24. The van der Waals surface area contributed by atoms with Gasteiger partial charge in [0.2, 0.25) is 5.78 Å². The average molecular weight is 637 g/mol. The molecule has 248 valence electrons. The van der Waals surface area contributed by atoms with Crippen LogP contribution in [-0.2, 0) is 19.7 Å². The molecule has 0 bridgehead atoms. The number of fused-ring (bicyclic) bond motifs is 3. The number of ketones is 2. The maximum absolute atomic E-state index is 14.6. The molecule has 4 aliphatic carbocycles. The molecule has 10 nitrogen and oxygen atoms in total. The summed E-state index contributed by atoms with van der Waals surface area (Å²) in [4.78, 5) is 42.2. The summed E-state index contributed by atoms with van der Waals surface area (Å²) in [5.74, 6) is -4.31. The first kappa shape index (κ1) is 32.5. The summed E-state index contributed by atoms with van der Waals surface area (Å²) < 4.78 is 11.6. The molecule has 1 heterocycles. The molecular weight excluding hydrogens is 592 g/mol. The van der Waals surface area contributed by atoms with Crippen molar-refractivity contribution in [3.8, 4) is 11.5 Å². The second kappa shape index (κ2) is 10.3. The third-order valence-corrected chi connectivity index (χ3v) is 12.4. The molecule has 0 saturated heterocycles. The maximum Gasteiger partial charge on any atom is 0.202 e.